The van der Waals surface area contributed by atoms with E-state index in [1.165, 1.54) is 11.8 Å². The molecule has 1 aromatic carbocycles. The van der Waals surface area contributed by atoms with Crippen LogP contribution in [-0.4, -0.2) is 98.9 Å². The fourth-order valence-corrected chi connectivity index (χ4v) is 6.29. The summed E-state index contributed by atoms with van der Waals surface area (Å²) in [4.78, 5) is 33.0. The van der Waals surface area contributed by atoms with Gasteiger partial charge in [-0.2, -0.15) is 20.3 Å². The monoisotopic (exact) mass is 585 g/mol. The van der Waals surface area contributed by atoms with Crippen molar-refractivity contribution in [2.75, 3.05) is 44.7 Å². The first-order valence-electron chi connectivity index (χ1n) is 14.8. The van der Waals surface area contributed by atoms with E-state index in [1.54, 1.807) is 0 Å². The van der Waals surface area contributed by atoms with Crippen molar-refractivity contribution in [1.29, 1.82) is 5.26 Å². The zero-order valence-electron chi connectivity index (χ0n) is 25.0. The predicted octanol–water partition coefficient (Wildman–Crippen LogP) is 3.95. The van der Waals surface area contributed by atoms with Crippen LogP contribution in [0.15, 0.2) is 24.4 Å². The molecule has 12 heteroatoms. The van der Waals surface area contributed by atoms with Gasteiger partial charge in [0.2, 0.25) is 0 Å². The van der Waals surface area contributed by atoms with Gasteiger partial charge in [0.1, 0.15) is 12.4 Å². The van der Waals surface area contributed by atoms with Crippen LogP contribution in [0, 0.1) is 25.2 Å². The van der Waals surface area contributed by atoms with Crippen molar-refractivity contribution in [2.24, 2.45) is 0 Å². The first kappa shape index (κ1) is 28.7. The number of H-pyrrole nitrogens is 1. The summed E-state index contributed by atoms with van der Waals surface area (Å²) in [6.07, 6.45) is 2.44. The third-order valence-corrected chi connectivity index (χ3v) is 8.85. The molecule has 1 unspecified atom stereocenters. The summed E-state index contributed by atoms with van der Waals surface area (Å²) in [6, 6.07) is 8.22. The fraction of sp³-hybridized carbons (Fsp3) is 0.484. The van der Waals surface area contributed by atoms with E-state index in [-0.39, 0.29) is 25.0 Å². The largest absolute Gasteiger partial charge is 0.462 e. The van der Waals surface area contributed by atoms with Crippen LogP contribution in [0.5, 0.6) is 6.01 Å². The number of nitrogens with one attached hydrogen (secondary N) is 1. The van der Waals surface area contributed by atoms with Gasteiger partial charge >= 0.3 is 6.01 Å². The number of aryl methyl sites for hydroxylation is 1. The summed E-state index contributed by atoms with van der Waals surface area (Å²) in [5.41, 5.74) is 5.41. The summed E-state index contributed by atoms with van der Waals surface area (Å²) in [6.45, 7) is 7.90. The average Bonchev–Trinajstić information content (AvgIpc) is 3.63. The van der Waals surface area contributed by atoms with Gasteiger partial charge < -0.3 is 19.4 Å². The lowest BCUT2D eigenvalue weighted by atomic mass is 9.96. The van der Waals surface area contributed by atoms with E-state index in [0.29, 0.717) is 31.2 Å². The van der Waals surface area contributed by atoms with Gasteiger partial charge in [-0.1, -0.05) is 0 Å². The van der Waals surface area contributed by atoms with Crippen molar-refractivity contribution >= 4 is 33.7 Å². The first-order chi connectivity index (χ1) is 20.7. The second-order valence-electron chi connectivity index (χ2n) is 11.6. The lowest BCUT2D eigenvalue weighted by Gasteiger charge is -2.41. The van der Waals surface area contributed by atoms with Gasteiger partial charge in [-0.3, -0.25) is 9.89 Å². The van der Waals surface area contributed by atoms with Crippen molar-refractivity contribution < 1.29 is 13.9 Å². The number of aromatic amines is 1. The van der Waals surface area contributed by atoms with Crippen LogP contribution >= 0.6 is 0 Å². The molecule has 4 aromatic rings. The van der Waals surface area contributed by atoms with Gasteiger partial charge in [-0.15, -0.1) is 0 Å². The molecule has 2 aliphatic heterocycles. The average molecular weight is 586 g/mol. The van der Waals surface area contributed by atoms with Crippen molar-refractivity contribution in [2.45, 2.75) is 58.3 Å². The minimum atomic E-state index is -1.63. The normalized spacial score (nSPS) is 20.1. The smallest absolute Gasteiger partial charge is 0.320 e. The fourth-order valence-electron chi connectivity index (χ4n) is 6.29. The zero-order chi connectivity index (χ0) is 30.2. The Kier molecular flexibility index (Phi) is 7.83. The van der Waals surface area contributed by atoms with E-state index in [1.807, 2.05) is 23.2 Å². The maximum absolute atomic E-state index is 14.0. The van der Waals surface area contributed by atoms with Crippen LogP contribution < -0.4 is 9.64 Å². The lowest BCUT2D eigenvalue weighted by molar-refractivity contribution is -0.138. The number of benzene rings is 1. The standard InChI is InChI=1S/C31H36FN9O2/c1-18-14-26-24(15-34-38-26)27(19(18)2)25-8-7-23-28(35-25)36-31(43-17-22-6-5-11-39(22)4)37-29(23)40-12-13-41(30(42)20(3)32)21(16-40)9-10-33/h7-8,14-15,20-22H,5-6,9,11-13,16-17H2,1-4H3,(H,34,38)/t20?,21-,22-/m0/s1. The number of rotatable bonds is 7. The number of fused-ring (bicyclic) bond motifs is 2. The maximum atomic E-state index is 14.0. The van der Waals surface area contributed by atoms with Gasteiger partial charge in [-0.25, -0.2) is 9.37 Å². The van der Waals surface area contributed by atoms with E-state index in [4.69, 9.17) is 19.7 Å². The number of nitriles is 1. The Labute approximate surface area is 249 Å². The molecular formula is C31H36FN9O2. The Balaban J connectivity index is 1.42. The Morgan fingerprint density at radius 3 is 2.77 bits per heavy atom. The molecule has 0 spiro atoms. The Morgan fingerprint density at radius 2 is 2.02 bits per heavy atom. The van der Waals surface area contributed by atoms with Crippen molar-refractivity contribution in [1.82, 2.24) is 34.9 Å². The Morgan fingerprint density at radius 1 is 1.19 bits per heavy atom. The van der Waals surface area contributed by atoms with Gasteiger partial charge in [-0.05, 0) is 76.5 Å². The predicted molar refractivity (Wildman–Crippen MR) is 162 cm³/mol. The van der Waals surface area contributed by atoms with Crippen molar-refractivity contribution in [3.05, 3.63) is 35.5 Å². The Hall–Kier alpha value is -4.37. The molecule has 43 heavy (non-hydrogen) atoms. The minimum Gasteiger partial charge on any atom is -0.462 e. The number of alkyl halides is 1. The summed E-state index contributed by atoms with van der Waals surface area (Å²) in [5.74, 6) is 0.0270. The topological polar surface area (TPSA) is 127 Å². The highest BCUT2D eigenvalue weighted by molar-refractivity contribution is 5.98. The molecule has 224 valence electrons. The molecule has 2 fully saturated rings. The quantitative estimate of drug-likeness (QED) is 0.343. The minimum absolute atomic E-state index is 0.0884. The number of hydrogen-bond donors (Lipinski definition) is 1. The number of likely N-dealkylation sites (N-methyl/N-ethyl adjacent to an activating group) is 1. The summed E-state index contributed by atoms with van der Waals surface area (Å²) >= 11 is 0. The molecule has 6 rings (SSSR count). The molecule has 3 atom stereocenters. The van der Waals surface area contributed by atoms with E-state index in [0.717, 1.165) is 58.1 Å². The van der Waals surface area contributed by atoms with Crippen LogP contribution in [0.4, 0.5) is 10.2 Å². The number of carbonyl (C=O) groups excluding carboxylic acids is 1. The van der Waals surface area contributed by atoms with E-state index < -0.39 is 18.1 Å². The molecule has 11 nitrogen and oxygen atoms in total. The van der Waals surface area contributed by atoms with Crippen molar-refractivity contribution in [3.63, 3.8) is 0 Å². The molecule has 1 amide bonds. The molecule has 2 saturated heterocycles. The number of ether oxygens (including phenoxy) is 1. The molecule has 0 bridgehead atoms. The van der Waals surface area contributed by atoms with Gasteiger partial charge in [0.25, 0.3) is 5.91 Å². The third-order valence-electron chi connectivity index (χ3n) is 8.85. The number of carbonyl (C=O) groups is 1. The zero-order valence-corrected chi connectivity index (χ0v) is 25.0. The molecule has 0 radical (unpaired) electrons. The number of likely N-dealkylation sites (tertiary alicyclic amines) is 1. The van der Waals surface area contributed by atoms with Gasteiger partial charge in [0.05, 0.1) is 41.3 Å². The molecule has 1 N–H and O–H groups in total. The van der Waals surface area contributed by atoms with E-state index >= 15 is 0 Å². The lowest BCUT2D eigenvalue weighted by Crippen LogP contribution is -2.56. The van der Waals surface area contributed by atoms with Crippen LogP contribution in [0.25, 0.3) is 33.2 Å². The number of hydrogen-bond acceptors (Lipinski definition) is 9. The highest BCUT2D eigenvalue weighted by Crippen LogP contribution is 2.35. The summed E-state index contributed by atoms with van der Waals surface area (Å²) in [5, 5.41) is 18.5. The number of nitrogens with zero attached hydrogens (tertiary/aromatic N) is 8. The summed E-state index contributed by atoms with van der Waals surface area (Å²) < 4.78 is 20.2. The number of piperazine rings is 1. The molecule has 2 aliphatic rings. The summed E-state index contributed by atoms with van der Waals surface area (Å²) in [7, 11) is 2.09. The molecule has 3 aromatic heterocycles. The third kappa shape index (κ3) is 5.45. The highest BCUT2D eigenvalue weighted by atomic mass is 19.1. The van der Waals surface area contributed by atoms with Crippen LogP contribution in [0.2, 0.25) is 0 Å². The van der Waals surface area contributed by atoms with Crippen LogP contribution in [0.3, 0.4) is 0 Å². The van der Waals surface area contributed by atoms with Crippen LogP contribution in [-0.2, 0) is 4.79 Å². The Bertz CT molecular complexity index is 1720. The SMILES string of the molecule is Cc1cc2[nH]ncc2c(-c2ccc3c(N4CCN(C(=O)C(C)F)[C@@H](CC#N)C4)nc(OC[C@@H]4CCCN4C)nc3n2)c1C. The number of pyridine rings is 1. The molecular weight excluding hydrogens is 549 g/mol. The number of halogens is 1. The van der Waals surface area contributed by atoms with E-state index in [2.05, 4.69) is 48.1 Å². The second-order valence-corrected chi connectivity index (χ2v) is 11.6. The van der Waals surface area contributed by atoms with Gasteiger partial charge in [0, 0.05) is 36.6 Å². The maximum Gasteiger partial charge on any atom is 0.320 e. The van der Waals surface area contributed by atoms with Gasteiger partial charge in [0.15, 0.2) is 11.8 Å². The molecule has 5 heterocycles. The molecule has 0 aliphatic carbocycles. The first-order valence-corrected chi connectivity index (χ1v) is 14.8. The number of aromatic nitrogens is 5. The molecule has 0 saturated carbocycles. The van der Waals surface area contributed by atoms with Crippen molar-refractivity contribution in [3.8, 4) is 23.3 Å². The highest BCUT2D eigenvalue weighted by Gasteiger charge is 2.34. The second kappa shape index (κ2) is 11.7. The van der Waals surface area contributed by atoms with E-state index in [9.17, 15) is 14.4 Å². The number of anilines is 1. The van der Waals surface area contributed by atoms with Crippen LogP contribution in [0.1, 0.15) is 37.3 Å². The number of amides is 1.